The van der Waals surface area contributed by atoms with Crippen molar-refractivity contribution in [2.75, 3.05) is 17.7 Å². The van der Waals surface area contributed by atoms with Crippen molar-refractivity contribution in [2.45, 2.75) is 20.8 Å². The summed E-state index contributed by atoms with van der Waals surface area (Å²) in [6.07, 6.45) is 0. The van der Waals surface area contributed by atoms with Crippen LogP contribution in [0.4, 0.5) is 17.2 Å². The molecule has 0 atom stereocenters. The molecule has 0 bridgehead atoms. The van der Waals surface area contributed by atoms with Crippen LogP contribution in [0.15, 0.2) is 66.7 Å². The third-order valence-electron chi connectivity index (χ3n) is 6.71. The molecule has 0 aliphatic carbocycles. The summed E-state index contributed by atoms with van der Waals surface area (Å²) < 4.78 is 7.37. The Balaban J connectivity index is 1.38. The third kappa shape index (κ3) is 4.19. The number of nitrogens with zero attached hydrogens (tertiary/aromatic N) is 2. The molecule has 1 amide bonds. The van der Waals surface area contributed by atoms with Crippen molar-refractivity contribution in [3.8, 4) is 5.75 Å². The van der Waals surface area contributed by atoms with Crippen LogP contribution in [0.3, 0.4) is 0 Å². The van der Waals surface area contributed by atoms with E-state index in [1.54, 1.807) is 7.11 Å². The molecule has 0 aliphatic rings. The maximum atomic E-state index is 13.0. The highest BCUT2D eigenvalue weighted by Crippen LogP contribution is 2.28. The van der Waals surface area contributed by atoms with Gasteiger partial charge < -0.3 is 19.9 Å². The third-order valence-corrected chi connectivity index (χ3v) is 6.71. The molecule has 6 heteroatoms. The number of hydrogen-bond acceptors (Lipinski definition) is 4. The van der Waals surface area contributed by atoms with Gasteiger partial charge in [0.05, 0.1) is 12.6 Å². The molecule has 176 valence electrons. The van der Waals surface area contributed by atoms with Gasteiger partial charge in [0.1, 0.15) is 11.6 Å². The van der Waals surface area contributed by atoms with Crippen LogP contribution < -0.4 is 15.4 Å². The van der Waals surface area contributed by atoms with Crippen molar-refractivity contribution in [3.05, 3.63) is 89.1 Å². The molecule has 0 unspecified atom stereocenters. The van der Waals surface area contributed by atoms with E-state index in [0.717, 1.165) is 50.3 Å². The molecule has 3 aromatic carbocycles. The van der Waals surface area contributed by atoms with E-state index in [4.69, 9.17) is 9.72 Å². The Hall–Kier alpha value is -4.32. The van der Waals surface area contributed by atoms with E-state index in [1.807, 2.05) is 80.7 Å². The fourth-order valence-electron chi connectivity index (χ4n) is 4.46. The van der Waals surface area contributed by atoms with Gasteiger partial charge in [0.25, 0.3) is 5.91 Å². The number of aryl methyl sites for hydroxylation is 3. The van der Waals surface area contributed by atoms with Gasteiger partial charge in [0.15, 0.2) is 0 Å². The topological polar surface area (TPSA) is 68.2 Å². The molecule has 0 aliphatic heterocycles. The lowest BCUT2D eigenvalue weighted by atomic mass is 10.1. The van der Waals surface area contributed by atoms with Crippen molar-refractivity contribution in [1.82, 2.24) is 9.55 Å². The Kier molecular flexibility index (Phi) is 5.65. The number of amides is 1. The van der Waals surface area contributed by atoms with E-state index in [0.29, 0.717) is 5.56 Å². The molecule has 0 radical (unpaired) electrons. The smallest absolute Gasteiger partial charge is 0.255 e. The fourth-order valence-corrected chi connectivity index (χ4v) is 4.46. The molecular formula is C29H28N4O2. The van der Waals surface area contributed by atoms with Gasteiger partial charge in [0.2, 0.25) is 0 Å². The maximum Gasteiger partial charge on any atom is 0.255 e. The number of methoxy groups -OCH3 is 1. The lowest BCUT2D eigenvalue weighted by Gasteiger charge is -2.12. The van der Waals surface area contributed by atoms with Crippen molar-refractivity contribution >= 4 is 44.9 Å². The number of nitrogens with one attached hydrogen (secondary N) is 2. The van der Waals surface area contributed by atoms with Crippen LogP contribution in [0.25, 0.3) is 21.8 Å². The summed E-state index contributed by atoms with van der Waals surface area (Å²) in [5, 5.41) is 8.49. The number of hydrogen-bond donors (Lipinski definition) is 2. The van der Waals surface area contributed by atoms with Crippen LogP contribution in [-0.4, -0.2) is 22.6 Å². The van der Waals surface area contributed by atoms with Gasteiger partial charge in [-0.05, 0) is 98.6 Å². The van der Waals surface area contributed by atoms with Gasteiger partial charge in [0, 0.05) is 46.0 Å². The second-order valence-corrected chi connectivity index (χ2v) is 8.87. The Morgan fingerprint density at radius 1 is 0.886 bits per heavy atom. The monoisotopic (exact) mass is 464 g/mol. The van der Waals surface area contributed by atoms with Crippen molar-refractivity contribution in [1.29, 1.82) is 0 Å². The number of carbonyl (C=O) groups is 1. The molecule has 5 aromatic rings. The molecule has 0 saturated heterocycles. The average Bonchev–Trinajstić information content (AvgIpc) is 3.08. The summed E-state index contributed by atoms with van der Waals surface area (Å²) in [6.45, 7) is 6.23. The van der Waals surface area contributed by atoms with Crippen LogP contribution in [0.1, 0.15) is 27.2 Å². The van der Waals surface area contributed by atoms with E-state index in [-0.39, 0.29) is 5.91 Å². The SMILES string of the molecule is COc1ccc(Nc2cc(C)c3cc(NC(=O)c4ccc5c(c4)c(C)c(C)n5C)ccc3n2)cc1. The van der Waals surface area contributed by atoms with Crippen LogP contribution in [-0.2, 0) is 7.05 Å². The van der Waals surface area contributed by atoms with Gasteiger partial charge in [-0.3, -0.25) is 4.79 Å². The highest BCUT2D eigenvalue weighted by molar-refractivity contribution is 6.07. The van der Waals surface area contributed by atoms with E-state index in [2.05, 4.69) is 29.0 Å². The fraction of sp³-hybridized carbons (Fsp3) is 0.172. The zero-order valence-electron chi connectivity index (χ0n) is 20.6. The first-order valence-corrected chi connectivity index (χ1v) is 11.5. The minimum Gasteiger partial charge on any atom is -0.497 e. The second kappa shape index (κ2) is 8.80. The standard InChI is InChI=1S/C29H28N4O2/c1-17-14-28(30-21-7-10-23(35-5)11-8-21)32-26-12-9-22(16-24(17)26)31-29(34)20-6-13-27-25(15-20)18(2)19(3)33(27)4/h6-16H,1-5H3,(H,30,32)(H,31,34). The van der Waals surface area contributed by atoms with Gasteiger partial charge in [-0.1, -0.05) is 0 Å². The second-order valence-electron chi connectivity index (χ2n) is 8.87. The summed E-state index contributed by atoms with van der Waals surface area (Å²) in [5.74, 6) is 1.44. The molecule has 0 spiro atoms. The van der Waals surface area contributed by atoms with Gasteiger partial charge in [-0.15, -0.1) is 0 Å². The number of aromatic nitrogens is 2. The average molecular weight is 465 g/mol. The van der Waals surface area contributed by atoms with Crippen LogP contribution in [0.5, 0.6) is 5.75 Å². The number of anilines is 3. The molecule has 0 saturated carbocycles. The Labute approximate surface area is 204 Å². The van der Waals surface area contributed by atoms with Crippen LogP contribution in [0.2, 0.25) is 0 Å². The molecule has 6 nitrogen and oxygen atoms in total. The highest BCUT2D eigenvalue weighted by atomic mass is 16.5. The lowest BCUT2D eigenvalue weighted by Crippen LogP contribution is -2.11. The van der Waals surface area contributed by atoms with E-state index < -0.39 is 0 Å². The number of rotatable bonds is 5. The number of ether oxygens (including phenoxy) is 1. The van der Waals surface area contributed by atoms with E-state index in [1.165, 1.54) is 11.3 Å². The Morgan fingerprint density at radius 3 is 2.37 bits per heavy atom. The minimum absolute atomic E-state index is 0.129. The summed E-state index contributed by atoms with van der Waals surface area (Å²) >= 11 is 0. The van der Waals surface area contributed by atoms with Crippen molar-refractivity contribution in [2.24, 2.45) is 7.05 Å². The summed E-state index contributed by atoms with van der Waals surface area (Å²) in [7, 11) is 3.70. The maximum absolute atomic E-state index is 13.0. The van der Waals surface area contributed by atoms with Crippen molar-refractivity contribution in [3.63, 3.8) is 0 Å². The van der Waals surface area contributed by atoms with Crippen molar-refractivity contribution < 1.29 is 9.53 Å². The van der Waals surface area contributed by atoms with Crippen LogP contribution in [0, 0.1) is 20.8 Å². The number of fused-ring (bicyclic) bond motifs is 2. The van der Waals surface area contributed by atoms with E-state index in [9.17, 15) is 4.79 Å². The molecule has 2 heterocycles. The highest BCUT2D eigenvalue weighted by Gasteiger charge is 2.13. The predicted molar refractivity (Wildman–Crippen MR) is 143 cm³/mol. The summed E-state index contributed by atoms with van der Waals surface area (Å²) in [5.41, 5.74) is 7.77. The summed E-state index contributed by atoms with van der Waals surface area (Å²) in [4.78, 5) is 17.8. The lowest BCUT2D eigenvalue weighted by molar-refractivity contribution is 0.102. The zero-order valence-corrected chi connectivity index (χ0v) is 20.6. The quantitative estimate of drug-likeness (QED) is 0.305. The van der Waals surface area contributed by atoms with E-state index >= 15 is 0 Å². The number of pyridine rings is 1. The van der Waals surface area contributed by atoms with Gasteiger partial charge >= 0.3 is 0 Å². The molecule has 2 aromatic heterocycles. The predicted octanol–water partition coefficient (Wildman–Crippen LogP) is 6.66. The molecule has 5 rings (SSSR count). The molecule has 0 fully saturated rings. The summed E-state index contributed by atoms with van der Waals surface area (Å²) in [6, 6.07) is 21.4. The number of carbonyl (C=O) groups excluding carboxylic acids is 1. The Bertz CT molecular complexity index is 1580. The molecule has 2 N–H and O–H groups in total. The normalized spacial score (nSPS) is 11.1. The Morgan fingerprint density at radius 2 is 1.63 bits per heavy atom. The first-order valence-electron chi connectivity index (χ1n) is 11.5. The minimum atomic E-state index is -0.129. The largest absolute Gasteiger partial charge is 0.497 e. The first-order chi connectivity index (χ1) is 16.8. The first kappa shape index (κ1) is 22.5. The number of benzene rings is 3. The molecule has 35 heavy (non-hydrogen) atoms. The van der Waals surface area contributed by atoms with Gasteiger partial charge in [-0.25, -0.2) is 4.98 Å². The zero-order chi connectivity index (χ0) is 24.7. The van der Waals surface area contributed by atoms with Crippen LogP contribution >= 0.6 is 0 Å². The van der Waals surface area contributed by atoms with Gasteiger partial charge in [-0.2, -0.15) is 0 Å². The molecular weight excluding hydrogens is 436 g/mol.